The Morgan fingerprint density at radius 1 is 1.50 bits per heavy atom. The SMILES string of the molecule is O=C(NCc1ccc(Cl)cc1Cl)[C@@H]1C[C@@H](O)CN1. The molecule has 98 valence electrons. The van der Waals surface area contributed by atoms with E-state index in [-0.39, 0.29) is 11.9 Å². The Morgan fingerprint density at radius 2 is 2.28 bits per heavy atom. The molecular weight excluding hydrogens is 275 g/mol. The minimum atomic E-state index is -0.445. The summed E-state index contributed by atoms with van der Waals surface area (Å²) in [6.07, 6.45) is 0.0000614. The molecule has 1 aliphatic heterocycles. The van der Waals surface area contributed by atoms with E-state index in [0.717, 1.165) is 5.56 Å². The van der Waals surface area contributed by atoms with E-state index in [1.807, 2.05) is 0 Å². The molecule has 1 aromatic carbocycles. The van der Waals surface area contributed by atoms with Crippen LogP contribution >= 0.6 is 23.2 Å². The van der Waals surface area contributed by atoms with Crippen molar-refractivity contribution in [3.8, 4) is 0 Å². The van der Waals surface area contributed by atoms with Crippen LogP contribution in [0.25, 0.3) is 0 Å². The van der Waals surface area contributed by atoms with Crippen molar-refractivity contribution in [3.63, 3.8) is 0 Å². The van der Waals surface area contributed by atoms with Crippen LogP contribution in [0.4, 0.5) is 0 Å². The van der Waals surface area contributed by atoms with E-state index in [9.17, 15) is 9.90 Å². The summed E-state index contributed by atoms with van der Waals surface area (Å²) < 4.78 is 0. The summed E-state index contributed by atoms with van der Waals surface area (Å²) >= 11 is 11.8. The van der Waals surface area contributed by atoms with Crippen LogP contribution in [-0.2, 0) is 11.3 Å². The molecule has 0 aromatic heterocycles. The number of nitrogens with one attached hydrogen (secondary N) is 2. The summed E-state index contributed by atoms with van der Waals surface area (Å²) in [5.41, 5.74) is 0.813. The van der Waals surface area contributed by atoms with E-state index in [4.69, 9.17) is 23.2 Å². The van der Waals surface area contributed by atoms with Gasteiger partial charge in [0.25, 0.3) is 0 Å². The quantitative estimate of drug-likeness (QED) is 0.787. The van der Waals surface area contributed by atoms with Crippen LogP contribution in [-0.4, -0.2) is 29.7 Å². The molecular formula is C12H14Cl2N2O2. The minimum Gasteiger partial charge on any atom is -0.392 e. The zero-order valence-electron chi connectivity index (χ0n) is 9.62. The van der Waals surface area contributed by atoms with Crippen molar-refractivity contribution in [1.29, 1.82) is 0 Å². The Labute approximate surface area is 115 Å². The van der Waals surface area contributed by atoms with E-state index in [0.29, 0.717) is 29.6 Å². The molecule has 6 heteroatoms. The van der Waals surface area contributed by atoms with Gasteiger partial charge in [0.2, 0.25) is 5.91 Å². The summed E-state index contributed by atoms with van der Waals surface area (Å²) in [5.74, 6) is -0.127. The summed E-state index contributed by atoms with van der Waals surface area (Å²) in [7, 11) is 0. The molecule has 2 atom stereocenters. The molecule has 1 aliphatic rings. The maximum Gasteiger partial charge on any atom is 0.237 e. The first-order valence-electron chi connectivity index (χ1n) is 5.69. The van der Waals surface area contributed by atoms with Crippen LogP contribution in [0.2, 0.25) is 10.0 Å². The third-order valence-electron chi connectivity index (χ3n) is 2.89. The van der Waals surface area contributed by atoms with Crippen molar-refractivity contribution < 1.29 is 9.90 Å². The third kappa shape index (κ3) is 3.36. The van der Waals surface area contributed by atoms with Gasteiger partial charge in [0, 0.05) is 23.1 Å². The predicted molar refractivity (Wildman–Crippen MR) is 70.7 cm³/mol. The highest BCUT2D eigenvalue weighted by molar-refractivity contribution is 6.35. The van der Waals surface area contributed by atoms with Crippen LogP contribution in [0.1, 0.15) is 12.0 Å². The van der Waals surface area contributed by atoms with Crippen LogP contribution in [0.3, 0.4) is 0 Å². The topological polar surface area (TPSA) is 61.4 Å². The summed E-state index contributed by atoms with van der Waals surface area (Å²) in [6, 6.07) is 4.82. The van der Waals surface area contributed by atoms with Gasteiger partial charge >= 0.3 is 0 Å². The second kappa shape index (κ2) is 5.89. The van der Waals surface area contributed by atoms with E-state index in [1.165, 1.54) is 0 Å². The fourth-order valence-corrected chi connectivity index (χ4v) is 2.36. The molecule has 2 rings (SSSR count). The lowest BCUT2D eigenvalue weighted by Crippen LogP contribution is -2.40. The van der Waals surface area contributed by atoms with Gasteiger partial charge in [-0.1, -0.05) is 29.3 Å². The third-order valence-corrected chi connectivity index (χ3v) is 3.48. The van der Waals surface area contributed by atoms with E-state index in [1.54, 1.807) is 18.2 Å². The molecule has 0 saturated carbocycles. The number of carbonyl (C=O) groups is 1. The maximum absolute atomic E-state index is 11.8. The zero-order valence-corrected chi connectivity index (χ0v) is 11.1. The summed E-state index contributed by atoms with van der Waals surface area (Å²) in [6.45, 7) is 0.808. The van der Waals surface area contributed by atoms with Gasteiger partial charge in [-0.3, -0.25) is 4.79 Å². The Balaban J connectivity index is 1.89. The lowest BCUT2D eigenvalue weighted by Gasteiger charge is -2.11. The lowest BCUT2D eigenvalue weighted by atomic mass is 10.2. The number of carbonyl (C=O) groups excluding carboxylic acids is 1. The summed E-state index contributed by atoms with van der Waals surface area (Å²) in [5, 5.41) is 16.2. The average Bonchev–Trinajstić information content (AvgIpc) is 2.74. The molecule has 3 N–H and O–H groups in total. The fraction of sp³-hybridized carbons (Fsp3) is 0.417. The molecule has 1 aromatic rings. The average molecular weight is 289 g/mol. The van der Waals surface area contributed by atoms with E-state index < -0.39 is 6.10 Å². The number of hydrogen-bond donors (Lipinski definition) is 3. The number of β-amino-alcohol motifs (C(OH)–C–C–N with tert-alkyl or cyclic N) is 1. The van der Waals surface area contributed by atoms with Crippen molar-refractivity contribution in [3.05, 3.63) is 33.8 Å². The number of benzene rings is 1. The molecule has 1 fully saturated rings. The first-order valence-corrected chi connectivity index (χ1v) is 6.45. The van der Waals surface area contributed by atoms with Crippen LogP contribution in [0.15, 0.2) is 18.2 Å². The standard InChI is InChI=1S/C12H14Cl2N2O2/c13-8-2-1-7(10(14)3-8)5-16-12(18)11-4-9(17)6-15-11/h1-3,9,11,15,17H,4-6H2,(H,16,18)/t9-,11+/m1/s1. The molecule has 4 nitrogen and oxygen atoms in total. The fourth-order valence-electron chi connectivity index (χ4n) is 1.89. The number of amides is 1. The predicted octanol–water partition coefficient (Wildman–Crippen LogP) is 1.33. The summed E-state index contributed by atoms with van der Waals surface area (Å²) in [4.78, 5) is 11.8. The highest BCUT2D eigenvalue weighted by Gasteiger charge is 2.27. The van der Waals surface area contributed by atoms with Gasteiger partial charge in [-0.2, -0.15) is 0 Å². The molecule has 1 heterocycles. The smallest absolute Gasteiger partial charge is 0.237 e. The molecule has 1 saturated heterocycles. The van der Waals surface area contributed by atoms with Crippen molar-refractivity contribution in [2.45, 2.75) is 25.1 Å². The van der Waals surface area contributed by atoms with Gasteiger partial charge in [0.15, 0.2) is 0 Å². The highest BCUT2D eigenvalue weighted by Crippen LogP contribution is 2.20. The monoisotopic (exact) mass is 288 g/mol. The Morgan fingerprint density at radius 3 is 2.89 bits per heavy atom. The van der Waals surface area contributed by atoms with Gasteiger partial charge in [0.1, 0.15) is 0 Å². The minimum absolute atomic E-state index is 0.127. The Kier molecular flexibility index (Phi) is 4.45. The van der Waals surface area contributed by atoms with Gasteiger partial charge in [0.05, 0.1) is 12.1 Å². The van der Waals surface area contributed by atoms with Crippen molar-refractivity contribution >= 4 is 29.1 Å². The molecule has 1 amide bonds. The molecule has 0 bridgehead atoms. The van der Waals surface area contributed by atoms with Crippen molar-refractivity contribution in [2.75, 3.05) is 6.54 Å². The van der Waals surface area contributed by atoms with Gasteiger partial charge < -0.3 is 15.7 Å². The number of aliphatic hydroxyl groups excluding tert-OH is 1. The molecule has 0 unspecified atom stereocenters. The van der Waals surface area contributed by atoms with Gasteiger partial charge in [-0.25, -0.2) is 0 Å². The van der Waals surface area contributed by atoms with E-state index in [2.05, 4.69) is 10.6 Å². The molecule has 0 spiro atoms. The van der Waals surface area contributed by atoms with Crippen molar-refractivity contribution in [2.24, 2.45) is 0 Å². The molecule has 18 heavy (non-hydrogen) atoms. The number of aliphatic hydroxyl groups is 1. The van der Waals surface area contributed by atoms with Crippen LogP contribution in [0.5, 0.6) is 0 Å². The largest absolute Gasteiger partial charge is 0.392 e. The van der Waals surface area contributed by atoms with Crippen LogP contribution < -0.4 is 10.6 Å². The molecule has 0 aliphatic carbocycles. The first-order chi connectivity index (χ1) is 8.56. The number of rotatable bonds is 3. The number of hydrogen-bond acceptors (Lipinski definition) is 3. The maximum atomic E-state index is 11.8. The second-order valence-electron chi connectivity index (χ2n) is 4.30. The zero-order chi connectivity index (χ0) is 13.1. The van der Waals surface area contributed by atoms with Gasteiger partial charge in [-0.15, -0.1) is 0 Å². The van der Waals surface area contributed by atoms with Gasteiger partial charge in [-0.05, 0) is 24.1 Å². The normalized spacial score (nSPS) is 23.1. The first kappa shape index (κ1) is 13.6. The van der Waals surface area contributed by atoms with E-state index >= 15 is 0 Å². The van der Waals surface area contributed by atoms with Crippen molar-refractivity contribution in [1.82, 2.24) is 10.6 Å². The number of halogens is 2. The second-order valence-corrected chi connectivity index (χ2v) is 5.15. The van der Waals surface area contributed by atoms with Crippen LogP contribution in [0, 0.1) is 0 Å². The Hall–Kier alpha value is -0.810. The molecule has 0 radical (unpaired) electrons. The Bertz CT molecular complexity index is 454. The lowest BCUT2D eigenvalue weighted by molar-refractivity contribution is -0.123. The highest BCUT2D eigenvalue weighted by atomic mass is 35.5.